The van der Waals surface area contributed by atoms with Crippen LogP contribution in [0, 0.1) is 28.6 Å². The van der Waals surface area contributed by atoms with Crippen LogP contribution in [0.3, 0.4) is 0 Å². The predicted octanol–water partition coefficient (Wildman–Crippen LogP) is 1.88. The van der Waals surface area contributed by atoms with Gasteiger partial charge in [0, 0.05) is 16.7 Å². The average Bonchev–Trinajstić information content (AvgIpc) is 2.95. The van der Waals surface area contributed by atoms with Crippen molar-refractivity contribution < 1.29 is 36.8 Å². The summed E-state index contributed by atoms with van der Waals surface area (Å²) in [6, 6.07) is 0. The van der Waals surface area contributed by atoms with Gasteiger partial charge in [-0.1, -0.05) is 25.5 Å². The Kier molecular flexibility index (Phi) is 5.22. The molecule has 3 fully saturated rings. The van der Waals surface area contributed by atoms with Crippen molar-refractivity contribution in [2.24, 2.45) is 28.6 Å². The molecule has 0 spiro atoms. The quantitative estimate of drug-likeness (QED) is 0.602. The van der Waals surface area contributed by atoms with Crippen LogP contribution < -0.4 is 0 Å². The number of allylic oxidation sites excluding steroid dienone is 4. The van der Waals surface area contributed by atoms with Crippen molar-refractivity contribution in [1.29, 1.82) is 0 Å². The van der Waals surface area contributed by atoms with E-state index >= 15 is 4.39 Å². The zero-order valence-corrected chi connectivity index (χ0v) is 19.6. The SMILES string of the molecule is C[C@H]1C[C@H]2[C@@H]3CC[C@](O)(C(=O)COS(C)(=O)=O)[C@@]3(C)C[C@H](O)[C@]2(F)[C@@]2(C)C=CC(=O)C=C12. The van der Waals surface area contributed by atoms with E-state index in [4.69, 9.17) is 0 Å². The van der Waals surface area contributed by atoms with Crippen LogP contribution in [-0.2, 0) is 23.9 Å². The minimum Gasteiger partial charge on any atom is -0.390 e. The van der Waals surface area contributed by atoms with Gasteiger partial charge >= 0.3 is 0 Å². The fourth-order valence-corrected chi connectivity index (χ4v) is 7.66. The molecule has 0 aromatic carbocycles. The summed E-state index contributed by atoms with van der Waals surface area (Å²) in [6.45, 7) is 4.53. The largest absolute Gasteiger partial charge is 0.390 e. The maximum atomic E-state index is 17.1. The molecule has 4 aliphatic carbocycles. The third-order valence-corrected chi connectivity index (χ3v) is 9.53. The first-order valence-corrected chi connectivity index (χ1v) is 12.8. The summed E-state index contributed by atoms with van der Waals surface area (Å²) >= 11 is 0. The van der Waals surface area contributed by atoms with Crippen molar-refractivity contribution in [3.8, 4) is 0 Å². The minimum absolute atomic E-state index is 0.0432. The molecule has 0 unspecified atom stereocenters. The highest BCUT2D eigenvalue weighted by atomic mass is 32.2. The van der Waals surface area contributed by atoms with Crippen LogP contribution in [0.15, 0.2) is 23.8 Å². The summed E-state index contributed by atoms with van der Waals surface area (Å²) in [6.07, 6.45) is 4.34. The first-order valence-electron chi connectivity index (χ1n) is 11.0. The molecule has 0 saturated heterocycles. The van der Waals surface area contributed by atoms with Crippen molar-refractivity contribution in [1.82, 2.24) is 0 Å². The van der Waals surface area contributed by atoms with Crippen LogP contribution in [0.4, 0.5) is 4.39 Å². The van der Waals surface area contributed by atoms with Gasteiger partial charge in [0.1, 0.15) is 12.2 Å². The summed E-state index contributed by atoms with van der Waals surface area (Å²) in [5.41, 5.74) is -5.64. The van der Waals surface area contributed by atoms with Crippen LogP contribution in [0.1, 0.15) is 46.5 Å². The minimum atomic E-state index is -3.88. The van der Waals surface area contributed by atoms with Gasteiger partial charge in [-0.25, -0.2) is 4.39 Å². The number of aliphatic hydroxyl groups is 2. The summed E-state index contributed by atoms with van der Waals surface area (Å²) in [5.74, 6) is -2.15. The molecule has 0 aromatic heterocycles. The number of hydrogen-bond acceptors (Lipinski definition) is 7. The Morgan fingerprint density at radius 3 is 2.59 bits per heavy atom. The first-order chi connectivity index (χ1) is 14.6. The van der Waals surface area contributed by atoms with Crippen molar-refractivity contribution in [2.45, 2.75) is 63.8 Å². The number of carbonyl (C=O) groups is 2. The molecule has 0 amide bonds. The molecule has 32 heavy (non-hydrogen) atoms. The zero-order chi connectivity index (χ0) is 23.9. The smallest absolute Gasteiger partial charge is 0.264 e. The number of rotatable bonds is 4. The van der Waals surface area contributed by atoms with E-state index in [2.05, 4.69) is 4.18 Å². The van der Waals surface area contributed by atoms with Crippen molar-refractivity contribution >= 4 is 21.7 Å². The molecule has 4 rings (SSSR count). The molecular formula is C23H31FO7S. The second-order valence-electron chi connectivity index (χ2n) is 10.6. The Morgan fingerprint density at radius 1 is 1.31 bits per heavy atom. The number of fused-ring (bicyclic) bond motifs is 5. The van der Waals surface area contributed by atoms with Crippen LogP contribution in [0.25, 0.3) is 0 Å². The topological polar surface area (TPSA) is 118 Å². The van der Waals surface area contributed by atoms with Crippen LogP contribution in [0.5, 0.6) is 0 Å². The third kappa shape index (κ3) is 2.97. The number of Topliss-reactive ketones (excluding diaryl/α,β-unsaturated/α-hetero) is 1. The van der Waals surface area contributed by atoms with Crippen molar-refractivity contribution in [3.05, 3.63) is 23.8 Å². The highest BCUT2D eigenvalue weighted by Crippen LogP contribution is 2.70. The van der Waals surface area contributed by atoms with E-state index in [-0.39, 0.29) is 24.5 Å². The molecule has 0 radical (unpaired) electrons. The Bertz CT molecular complexity index is 1030. The Labute approximate surface area is 187 Å². The van der Waals surface area contributed by atoms with E-state index < -0.39 is 62.5 Å². The van der Waals surface area contributed by atoms with Gasteiger partial charge in [-0.2, -0.15) is 8.42 Å². The van der Waals surface area contributed by atoms with Gasteiger partial charge in [-0.15, -0.1) is 0 Å². The van der Waals surface area contributed by atoms with Gasteiger partial charge in [0.15, 0.2) is 17.2 Å². The maximum absolute atomic E-state index is 17.1. The molecule has 4 aliphatic rings. The van der Waals surface area contributed by atoms with Gasteiger partial charge in [0.05, 0.1) is 12.4 Å². The predicted molar refractivity (Wildman–Crippen MR) is 114 cm³/mol. The Morgan fingerprint density at radius 2 is 1.97 bits per heavy atom. The normalized spacial score (nSPS) is 48.0. The van der Waals surface area contributed by atoms with E-state index in [1.165, 1.54) is 12.2 Å². The number of hydrogen-bond donors (Lipinski definition) is 2. The summed E-state index contributed by atoms with van der Waals surface area (Å²) < 4.78 is 44.4. The summed E-state index contributed by atoms with van der Waals surface area (Å²) in [7, 11) is -3.88. The van der Waals surface area contributed by atoms with Gasteiger partial charge < -0.3 is 10.2 Å². The Hall–Kier alpha value is -1.42. The van der Waals surface area contributed by atoms with E-state index in [0.29, 0.717) is 18.4 Å². The van der Waals surface area contributed by atoms with E-state index in [9.17, 15) is 28.2 Å². The molecule has 7 nitrogen and oxygen atoms in total. The first kappa shape index (κ1) is 23.7. The fraction of sp³-hybridized carbons (Fsp3) is 0.739. The lowest BCUT2D eigenvalue weighted by Crippen LogP contribution is -2.70. The number of aliphatic hydroxyl groups excluding tert-OH is 1. The molecule has 3 saturated carbocycles. The van der Waals surface area contributed by atoms with E-state index in [1.807, 2.05) is 6.92 Å². The Balaban J connectivity index is 1.74. The molecule has 178 valence electrons. The molecule has 2 N–H and O–H groups in total. The van der Waals surface area contributed by atoms with Gasteiger partial charge in [0.2, 0.25) is 0 Å². The zero-order valence-electron chi connectivity index (χ0n) is 18.8. The highest BCUT2D eigenvalue weighted by Gasteiger charge is 2.74. The van der Waals surface area contributed by atoms with Crippen LogP contribution in [-0.4, -0.2) is 60.4 Å². The molecular weight excluding hydrogens is 439 g/mol. The monoisotopic (exact) mass is 470 g/mol. The van der Waals surface area contributed by atoms with Gasteiger partial charge in [-0.3, -0.25) is 13.8 Å². The third-order valence-electron chi connectivity index (χ3n) is 8.99. The highest BCUT2D eigenvalue weighted by molar-refractivity contribution is 7.86. The standard InChI is InChI=1S/C23H31FO7S/c1-13-9-17-15-6-8-22(28,19(27)12-31-32(4,29)30)21(15,3)11-18(26)23(17,24)20(2)7-5-14(25)10-16(13)20/h5,7,10,13,15,17-18,26,28H,6,8-9,11-12H2,1-4H3/t13-,15-,17-,18-,20-,21-,22-,23-/m0/s1. The average molecular weight is 471 g/mol. The fourth-order valence-electron chi connectivity index (χ4n) is 7.34. The second-order valence-corrected chi connectivity index (χ2v) is 12.2. The van der Waals surface area contributed by atoms with E-state index in [1.54, 1.807) is 19.9 Å². The van der Waals surface area contributed by atoms with Gasteiger partial charge in [0.25, 0.3) is 10.1 Å². The molecule has 0 heterocycles. The molecule has 0 bridgehead atoms. The van der Waals surface area contributed by atoms with Crippen molar-refractivity contribution in [2.75, 3.05) is 12.9 Å². The summed E-state index contributed by atoms with van der Waals surface area (Å²) in [5, 5.41) is 22.7. The van der Waals surface area contributed by atoms with Crippen LogP contribution >= 0.6 is 0 Å². The lowest BCUT2D eigenvalue weighted by atomic mass is 9.43. The second kappa shape index (κ2) is 7.04. The molecule has 0 aliphatic heterocycles. The lowest BCUT2D eigenvalue weighted by Gasteiger charge is -2.63. The number of ketones is 2. The maximum Gasteiger partial charge on any atom is 0.264 e. The lowest BCUT2D eigenvalue weighted by molar-refractivity contribution is -0.220. The molecule has 8 atom stereocenters. The number of alkyl halides is 1. The van der Waals surface area contributed by atoms with E-state index in [0.717, 1.165) is 6.26 Å². The molecule has 9 heteroatoms. The van der Waals surface area contributed by atoms with Gasteiger partial charge in [-0.05, 0) is 56.6 Å². The molecule has 0 aromatic rings. The summed E-state index contributed by atoms with van der Waals surface area (Å²) in [4.78, 5) is 24.9. The van der Waals surface area contributed by atoms with Crippen molar-refractivity contribution in [3.63, 3.8) is 0 Å². The number of carbonyl (C=O) groups excluding carboxylic acids is 2. The number of halogens is 1. The van der Waals surface area contributed by atoms with Crippen LogP contribution in [0.2, 0.25) is 0 Å².